The van der Waals surface area contributed by atoms with Crippen molar-refractivity contribution in [1.29, 1.82) is 0 Å². The molecule has 1 aromatic carbocycles. The van der Waals surface area contributed by atoms with E-state index in [1.807, 2.05) is 29.0 Å². The van der Waals surface area contributed by atoms with E-state index in [0.717, 1.165) is 11.3 Å². The van der Waals surface area contributed by atoms with Crippen molar-refractivity contribution in [2.24, 2.45) is 0 Å². The third kappa shape index (κ3) is 2.15. The van der Waals surface area contributed by atoms with Gasteiger partial charge in [-0.05, 0) is 40.2 Å². The molecule has 0 bridgehead atoms. The number of non-ortho nitro benzene ring substituents is 1. The van der Waals surface area contributed by atoms with Crippen LogP contribution in [0.2, 0.25) is 0 Å². The summed E-state index contributed by atoms with van der Waals surface area (Å²) in [6.45, 7) is 0.538. The lowest BCUT2D eigenvalue weighted by Gasteiger charge is -2.02. The number of nitro groups is 1. The van der Waals surface area contributed by atoms with Crippen LogP contribution < -0.4 is 0 Å². The molecule has 6 heteroatoms. The maximum Gasteiger partial charge on any atom is 0.278 e. The number of rotatable bonds is 3. The Balaban J connectivity index is 2.06. The Kier molecular flexibility index (Phi) is 2.87. The number of aromatic nitrogens is 1. The Morgan fingerprint density at radius 3 is 2.79 bits per heavy atom. The van der Waals surface area contributed by atoms with E-state index in [9.17, 15) is 10.1 Å². The average Bonchev–Trinajstić information content (AvgIpc) is 2.97. The first-order valence-electron chi connectivity index (χ1n) is 5.61. The van der Waals surface area contributed by atoms with Crippen molar-refractivity contribution in [3.8, 4) is 0 Å². The van der Waals surface area contributed by atoms with Crippen molar-refractivity contribution in [2.75, 3.05) is 0 Å². The molecule has 3 aromatic rings. The molecule has 0 fully saturated rings. The number of nitrogens with zero attached hydrogens (tertiary/aromatic N) is 2. The molecule has 0 N–H and O–H groups in total. The van der Waals surface area contributed by atoms with E-state index in [-0.39, 0.29) is 10.6 Å². The van der Waals surface area contributed by atoms with Crippen molar-refractivity contribution in [3.63, 3.8) is 0 Å². The van der Waals surface area contributed by atoms with Gasteiger partial charge >= 0.3 is 0 Å². The molecular formula is C13H9BrN2O3. The summed E-state index contributed by atoms with van der Waals surface area (Å²) in [7, 11) is 0. The van der Waals surface area contributed by atoms with Gasteiger partial charge in [0.25, 0.3) is 5.69 Å². The Labute approximate surface area is 116 Å². The van der Waals surface area contributed by atoms with Gasteiger partial charge in [0.05, 0.1) is 22.4 Å². The third-order valence-corrected chi connectivity index (χ3v) is 3.37. The van der Waals surface area contributed by atoms with Crippen molar-refractivity contribution in [2.45, 2.75) is 6.54 Å². The largest absolute Gasteiger partial charge is 0.452 e. The highest BCUT2D eigenvalue weighted by molar-refractivity contribution is 9.10. The van der Waals surface area contributed by atoms with Crippen molar-refractivity contribution < 1.29 is 9.34 Å². The standard InChI is InChI=1S/C13H9BrN2O3/c14-13-5-4-9(19-13)8-15-7-6-10-11(15)2-1-3-12(10)16(17)18/h1-7H,8H2. The lowest BCUT2D eigenvalue weighted by atomic mass is 10.2. The van der Waals surface area contributed by atoms with Gasteiger partial charge in [0, 0.05) is 12.3 Å². The van der Waals surface area contributed by atoms with Crippen molar-refractivity contribution in [1.82, 2.24) is 4.57 Å². The first kappa shape index (κ1) is 12.0. The molecule has 0 aliphatic rings. The number of hydrogen-bond donors (Lipinski definition) is 0. The SMILES string of the molecule is O=[N+]([O-])c1cccc2c1ccn2Cc1ccc(Br)o1. The minimum absolute atomic E-state index is 0.122. The van der Waals surface area contributed by atoms with Crippen LogP contribution in [0.4, 0.5) is 5.69 Å². The number of nitro benzene ring substituents is 1. The highest BCUT2D eigenvalue weighted by Crippen LogP contribution is 2.27. The molecule has 3 rings (SSSR count). The Bertz CT molecular complexity index is 760. The maximum absolute atomic E-state index is 11.0. The molecule has 2 heterocycles. The van der Waals surface area contributed by atoms with Gasteiger partial charge in [0.15, 0.2) is 4.67 Å². The summed E-state index contributed by atoms with van der Waals surface area (Å²) in [5, 5.41) is 11.6. The van der Waals surface area contributed by atoms with Crippen LogP contribution in [0.5, 0.6) is 0 Å². The summed E-state index contributed by atoms with van der Waals surface area (Å²) in [6, 6.07) is 10.5. The lowest BCUT2D eigenvalue weighted by molar-refractivity contribution is -0.383. The summed E-state index contributed by atoms with van der Waals surface area (Å²) in [4.78, 5) is 10.6. The summed E-state index contributed by atoms with van der Waals surface area (Å²) >= 11 is 3.25. The minimum atomic E-state index is -0.365. The van der Waals surface area contributed by atoms with Gasteiger partial charge in [0.2, 0.25) is 0 Å². The van der Waals surface area contributed by atoms with Gasteiger partial charge in [-0.3, -0.25) is 10.1 Å². The van der Waals surface area contributed by atoms with Gasteiger partial charge in [0.1, 0.15) is 5.76 Å². The smallest absolute Gasteiger partial charge is 0.278 e. The fraction of sp³-hybridized carbons (Fsp3) is 0.0769. The molecule has 96 valence electrons. The quantitative estimate of drug-likeness (QED) is 0.542. The summed E-state index contributed by atoms with van der Waals surface area (Å²) in [5.41, 5.74) is 0.943. The molecule has 2 aromatic heterocycles. The topological polar surface area (TPSA) is 61.2 Å². The number of benzene rings is 1. The first-order valence-corrected chi connectivity index (χ1v) is 6.41. The fourth-order valence-electron chi connectivity index (χ4n) is 2.11. The van der Waals surface area contributed by atoms with Crippen LogP contribution in [-0.4, -0.2) is 9.49 Å². The highest BCUT2D eigenvalue weighted by atomic mass is 79.9. The van der Waals surface area contributed by atoms with Crippen LogP contribution in [-0.2, 0) is 6.54 Å². The fourth-order valence-corrected chi connectivity index (χ4v) is 2.45. The molecule has 0 saturated carbocycles. The lowest BCUT2D eigenvalue weighted by Crippen LogP contribution is -1.96. The van der Waals surface area contributed by atoms with Crippen LogP contribution in [0.25, 0.3) is 10.9 Å². The predicted octanol–water partition coefficient (Wildman–Crippen LogP) is 3.95. The second kappa shape index (κ2) is 4.55. The molecule has 0 unspecified atom stereocenters. The molecule has 0 aliphatic carbocycles. The van der Waals surface area contributed by atoms with E-state index in [0.29, 0.717) is 16.6 Å². The molecule has 0 atom stereocenters. The van der Waals surface area contributed by atoms with E-state index in [1.54, 1.807) is 12.1 Å². The molecular weight excluding hydrogens is 312 g/mol. The monoisotopic (exact) mass is 320 g/mol. The number of halogens is 1. The van der Waals surface area contributed by atoms with Crippen LogP contribution in [0, 0.1) is 10.1 Å². The molecule has 0 radical (unpaired) electrons. The van der Waals surface area contributed by atoms with Gasteiger partial charge < -0.3 is 8.98 Å². The molecule has 0 saturated heterocycles. The first-order chi connectivity index (χ1) is 9.15. The zero-order chi connectivity index (χ0) is 13.4. The van der Waals surface area contributed by atoms with Crippen molar-refractivity contribution in [3.05, 3.63) is 63.1 Å². The van der Waals surface area contributed by atoms with Crippen LogP contribution >= 0.6 is 15.9 Å². The van der Waals surface area contributed by atoms with E-state index < -0.39 is 0 Å². The number of fused-ring (bicyclic) bond motifs is 1. The predicted molar refractivity (Wildman–Crippen MR) is 74.1 cm³/mol. The third-order valence-electron chi connectivity index (χ3n) is 2.94. The minimum Gasteiger partial charge on any atom is -0.452 e. The molecule has 0 aliphatic heterocycles. The second-order valence-corrected chi connectivity index (χ2v) is 4.90. The Hall–Kier alpha value is -2.08. The van der Waals surface area contributed by atoms with Gasteiger partial charge in [-0.25, -0.2) is 0 Å². The van der Waals surface area contributed by atoms with Gasteiger partial charge in [-0.15, -0.1) is 0 Å². The zero-order valence-electron chi connectivity index (χ0n) is 9.75. The maximum atomic E-state index is 11.0. The van der Waals surface area contributed by atoms with E-state index in [1.165, 1.54) is 6.07 Å². The molecule has 19 heavy (non-hydrogen) atoms. The van der Waals surface area contributed by atoms with Crippen molar-refractivity contribution >= 4 is 32.5 Å². The van der Waals surface area contributed by atoms with Crippen LogP contribution in [0.3, 0.4) is 0 Å². The number of furan rings is 1. The summed E-state index contributed by atoms with van der Waals surface area (Å²) < 4.78 is 8.04. The van der Waals surface area contributed by atoms with Crippen LogP contribution in [0.1, 0.15) is 5.76 Å². The van der Waals surface area contributed by atoms with Crippen LogP contribution in [0.15, 0.2) is 51.7 Å². The normalized spacial score (nSPS) is 11.0. The van der Waals surface area contributed by atoms with E-state index in [2.05, 4.69) is 15.9 Å². The molecule has 0 amide bonds. The number of hydrogen-bond acceptors (Lipinski definition) is 3. The second-order valence-electron chi connectivity index (χ2n) is 4.12. The molecule has 5 nitrogen and oxygen atoms in total. The van der Waals surface area contributed by atoms with Gasteiger partial charge in [-0.2, -0.15) is 0 Å². The highest BCUT2D eigenvalue weighted by Gasteiger charge is 2.14. The van der Waals surface area contributed by atoms with E-state index >= 15 is 0 Å². The Morgan fingerprint density at radius 1 is 1.26 bits per heavy atom. The average molecular weight is 321 g/mol. The molecule has 0 spiro atoms. The van der Waals surface area contributed by atoms with Gasteiger partial charge in [-0.1, -0.05) is 6.07 Å². The summed E-state index contributed by atoms with van der Waals surface area (Å²) in [5.74, 6) is 0.788. The van der Waals surface area contributed by atoms with E-state index in [4.69, 9.17) is 4.42 Å². The summed E-state index contributed by atoms with van der Waals surface area (Å²) in [6.07, 6.45) is 1.83. The Morgan fingerprint density at radius 2 is 2.11 bits per heavy atom. The zero-order valence-corrected chi connectivity index (χ0v) is 11.3.